The van der Waals surface area contributed by atoms with E-state index in [1.165, 1.54) is 32.4 Å². The van der Waals surface area contributed by atoms with Crippen molar-refractivity contribution in [1.82, 2.24) is 10.9 Å². The van der Waals surface area contributed by atoms with Gasteiger partial charge < -0.3 is 14.8 Å². The van der Waals surface area contributed by atoms with E-state index in [4.69, 9.17) is 21.1 Å². The fourth-order valence-electron chi connectivity index (χ4n) is 3.09. The van der Waals surface area contributed by atoms with Gasteiger partial charge in [-0.1, -0.05) is 29.8 Å². The average molecular weight is 418 g/mol. The Balaban J connectivity index is 1.78. The first-order valence-electron chi connectivity index (χ1n) is 8.81. The molecule has 1 fully saturated rings. The van der Waals surface area contributed by atoms with Crippen LogP contribution < -0.4 is 16.2 Å². The summed E-state index contributed by atoms with van der Waals surface area (Å²) in [5.74, 6) is -1.60. The zero-order valence-corrected chi connectivity index (χ0v) is 16.6. The van der Waals surface area contributed by atoms with Crippen molar-refractivity contribution >= 4 is 35.1 Å². The Morgan fingerprint density at radius 3 is 2.45 bits per heavy atom. The highest BCUT2D eigenvalue weighted by Gasteiger charge is 2.31. The molecular formula is C20H20ClN3O5. The van der Waals surface area contributed by atoms with Gasteiger partial charge in [0.15, 0.2) is 0 Å². The third-order valence-electron chi connectivity index (χ3n) is 4.60. The summed E-state index contributed by atoms with van der Waals surface area (Å²) in [6.07, 6.45) is 0.444. The standard InChI is InChI=1S/C20H20ClN3O5/c1-28-19(26)11-7-8-13(20(27)29-2)15(9-11)22-18(25)17-10-16(23-24-17)12-5-3-4-6-14(12)21/h3-9,16-17,23-24H,10H2,1-2H3,(H,22,25). The molecule has 1 amide bonds. The second-order valence-electron chi connectivity index (χ2n) is 6.38. The molecule has 8 nitrogen and oxygen atoms in total. The molecule has 3 rings (SSSR count). The van der Waals surface area contributed by atoms with Crippen molar-refractivity contribution in [1.29, 1.82) is 0 Å². The second-order valence-corrected chi connectivity index (χ2v) is 6.79. The van der Waals surface area contributed by atoms with E-state index >= 15 is 0 Å². The lowest BCUT2D eigenvalue weighted by molar-refractivity contribution is -0.117. The van der Waals surface area contributed by atoms with Crippen molar-refractivity contribution in [2.24, 2.45) is 0 Å². The number of hydrogen-bond acceptors (Lipinski definition) is 7. The number of anilines is 1. The average Bonchev–Trinajstić information content (AvgIpc) is 3.23. The maximum absolute atomic E-state index is 12.8. The minimum atomic E-state index is -0.636. The van der Waals surface area contributed by atoms with Crippen LogP contribution in [0.1, 0.15) is 38.7 Å². The van der Waals surface area contributed by atoms with Gasteiger partial charge >= 0.3 is 11.9 Å². The molecule has 0 aliphatic carbocycles. The molecule has 9 heteroatoms. The first-order chi connectivity index (χ1) is 13.9. The van der Waals surface area contributed by atoms with Gasteiger partial charge in [-0.3, -0.25) is 4.79 Å². The summed E-state index contributed by atoms with van der Waals surface area (Å²) in [6, 6.07) is 10.9. The molecular weight excluding hydrogens is 398 g/mol. The maximum atomic E-state index is 12.8. The lowest BCUT2D eigenvalue weighted by atomic mass is 10.0. The molecule has 2 aromatic rings. The molecule has 0 bridgehead atoms. The van der Waals surface area contributed by atoms with Crippen molar-refractivity contribution in [2.75, 3.05) is 19.5 Å². The smallest absolute Gasteiger partial charge is 0.339 e. The van der Waals surface area contributed by atoms with E-state index in [0.29, 0.717) is 11.4 Å². The Kier molecular flexibility index (Phi) is 6.48. The van der Waals surface area contributed by atoms with Crippen LogP contribution in [0.15, 0.2) is 42.5 Å². The van der Waals surface area contributed by atoms with Gasteiger partial charge in [-0.05, 0) is 36.2 Å². The fourth-order valence-corrected chi connectivity index (χ4v) is 3.36. The normalized spacial score (nSPS) is 18.2. The van der Waals surface area contributed by atoms with Crippen molar-refractivity contribution < 1.29 is 23.9 Å². The number of ether oxygens (including phenoxy) is 2. The topological polar surface area (TPSA) is 106 Å². The summed E-state index contributed by atoms with van der Waals surface area (Å²) in [4.78, 5) is 36.6. The zero-order valence-electron chi connectivity index (χ0n) is 15.8. The van der Waals surface area contributed by atoms with E-state index in [9.17, 15) is 14.4 Å². The molecule has 1 aliphatic rings. The third kappa shape index (κ3) is 4.56. The number of nitrogens with one attached hydrogen (secondary N) is 3. The molecule has 0 radical (unpaired) electrons. The number of rotatable bonds is 5. The van der Waals surface area contributed by atoms with Crippen LogP contribution in [0.2, 0.25) is 5.02 Å². The van der Waals surface area contributed by atoms with E-state index in [2.05, 4.69) is 16.2 Å². The Morgan fingerprint density at radius 2 is 1.76 bits per heavy atom. The van der Waals surface area contributed by atoms with Crippen LogP contribution in [-0.4, -0.2) is 38.1 Å². The maximum Gasteiger partial charge on any atom is 0.339 e. The van der Waals surface area contributed by atoms with Crippen molar-refractivity contribution in [3.05, 3.63) is 64.2 Å². The van der Waals surface area contributed by atoms with Crippen LogP contribution in [0.3, 0.4) is 0 Å². The van der Waals surface area contributed by atoms with E-state index in [-0.39, 0.29) is 28.8 Å². The minimum absolute atomic E-state index is 0.127. The number of halogens is 1. The van der Waals surface area contributed by atoms with Gasteiger partial charge in [-0.2, -0.15) is 0 Å². The van der Waals surface area contributed by atoms with Crippen LogP contribution in [0.5, 0.6) is 0 Å². The molecule has 29 heavy (non-hydrogen) atoms. The highest BCUT2D eigenvalue weighted by atomic mass is 35.5. The monoisotopic (exact) mass is 417 g/mol. The van der Waals surface area contributed by atoms with Gasteiger partial charge in [0.25, 0.3) is 0 Å². The first-order valence-corrected chi connectivity index (χ1v) is 9.19. The Morgan fingerprint density at radius 1 is 1.03 bits per heavy atom. The van der Waals surface area contributed by atoms with Gasteiger partial charge in [0.1, 0.15) is 6.04 Å². The largest absolute Gasteiger partial charge is 0.465 e. The number of hydrazine groups is 1. The Bertz CT molecular complexity index is 949. The molecule has 0 saturated carbocycles. The van der Waals surface area contributed by atoms with Gasteiger partial charge in [0, 0.05) is 11.1 Å². The highest BCUT2D eigenvalue weighted by molar-refractivity contribution is 6.31. The van der Waals surface area contributed by atoms with E-state index in [0.717, 1.165) is 5.56 Å². The summed E-state index contributed by atoms with van der Waals surface area (Å²) < 4.78 is 9.44. The zero-order chi connectivity index (χ0) is 21.0. The Hall–Kier alpha value is -2.94. The summed E-state index contributed by atoms with van der Waals surface area (Å²) in [7, 11) is 2.48. The summed E-state index contributed by atoms with van der Waals surface area (Å²) in [5, 5.41) is 3.29. The predicted molar refractivity (Wildman–Crippen MR) is 107 cm³/mol. The van der Waals surface area contributed by atoms with E-state index in [1.54, 1.807) is 6.07 Å². The molecule has 1 aliphatic heterocycles. The van der Waals surface area contributed by atoms with Crippen molar-refractivity contribution in [3.63, 3.8) is 0 Å². The Labute approximate surface area is 172 Å². The molecule has 0 aromatic heterocycles. The summed E-state index contributed by atoms with van der Waals surface area (Å²) in [5.41, 5.74) is 7.35. The molecule has 152 valence electrons. The number of hydrogen-bond donors (Lipinski definition) is 3. The number of amides is 1. The molecule has 1 saturated heterocycles. The number of carbonyl (C=O) groups is 3. The molecule has 0 spiro atoms. The van der Waals surface area contributed by atoms with Crippen molar-refractivity contribution in [2.45, 2.75) is 18.5 Å². The number of carbonyl (C=O) groups excluding carboxylic acids is 3. The molecule has 2 unspecified atom stereocenters. The van der Waals surface area contributed by atoms with Crippen LogP contribution in [0, 0.1) is 0 Å². The van der Waals surface area contributed by atoms with Gasteiger partial charge in [-0.25, -0.2) is 20.4 Å². The SMILES string of the molecule is COC(=O)c1ccc(C(=O)OC)c(NC(=O)C2CC(c3ccccc3Cl)NN2)c1. The lowest BCUT2D eigenvalue weighted by Crippen LogP contribution is -2.39. The molecule has 2 atom stereocenters. The summed E-state index contributed by atoms with van der Waals surface area (Å²) >= 11 is 6.23. The van der Waals surface area contributed by atoms with Crippen molar-refractivity contribution in [3.8, 4) is 0 Å². The van der Waals surface area contributed by atoms with E-state index < -0.39 is 18.0 Å². The van der Waals surface area contributed by atoms with Crippen LogP contribution in [0.25, 0.3) is 0 Å². The van der Waals surface area contributed by atoms with Gasteiger partial charge in [0.05, 0.1) is 31.0 Å². The number of methoxy groups -OCH3 is 2. The first kappa shape index (κ1) is 20.8. The molecule has 3 N–H and O–H groups in total. The fraction of sp³-hybridized carbons (Fsp3) is 0.250. The highest BCUT2D eigenvalue weighted by Crippen LogP contribution is 2.29. The molecule has 1 heterocycles. The summed E-state index contributed by atoms with van der Waals surface area (Å²) in [6.45, 7) is 0. The van der Waals surface area contributed by atoms with E-state index in [1.807, 2.05) is 18.2 Å². The van der Waals surface area contributed by atoms with Crippen LogP contribution in [0.4, 0.5) is 5.69 Å². The predicted octanol–water partition coefficient (Wildman–Crippen LogP) is 2.46. The third-order valence-corrected chi connectivity index (χ3v) is 4.95. The van der Waals surface area contributed by atoms with Gasteiger partial charge in [0.2, 0.25) is 5.91 Å². The molecule has 2 aromatic carbocycles. The number of esters is 2. The number of benzene rings is 2. The van der Waals surface area contributed by atoms with Gasteiger partial charge in [-0.15, -0.1) is 0 Å². The van der Waals surface area contributed by atoms with Crippen LogP contribution >= 0.6 is 11.6 Å². The quantitative estimate of drug-likeness (QED) is 0.641. The minimum Gasteiger partial charge on any atom is -0.465 e. The second kappa shape index (κ2) is 9.04. The van der Waals surface area contributed by atoms with Crippen LogP contribution in [-0.2, 0) is 14.3 Å². The lowest BCUT2D eigenvalue weighted by Gasteiger charge is -2.14.